The summed E-state index contributed by atoms with van der Waals surface area (Å²) in [6.45, 7) is 8.04. The van der Waals surface area contributed by atoms with Crippen LogP contribution in [0.2, 0.25) is 0 Å². The predicted octanol–water partition coefficient (Wildman–Crippen LogP) is 5.21. The first-order valence-corrected chi connectivity index (χ1v) is 10.5. The van der Waals surface area contributed by atoms with Gasteiger partial charge in [0.2, 0.25) is 11.9 Å². The van der Waals surface area contributed by atoms with Crippen LogP contribution in [-0.4, -0.2) is 27.0 Å². The molecule has 0 aliphatic heterocycles. The lowest BCUT2D eigenvalue weighted by Gasteiger charge is -2.17. The van der Waals surface area contributed by atoms with E-state index in [0.29, 0.717) is 11.5 Å². The molecule has 4 rings (SSSR count). The van der Waals surface area contributed by atoms with E-state index in [1.54, 1.807) is 24.4 Å². The molecule has 0 aliphatic carbocycles. The van der Waals surface area contributed by atoms with Crippen molar-refractivity contribution in [3.05, 3.63) is 71.4 Å². The van der Waals surface area contributed by atoms with Crippen molar-refractivity contribution in [2.24, 2.45) is 5.73 Å². The number of nitrogens with one attached hydrogen (secondary N) is 1. The third-order valence-corrected chi connectivity index (χ3v) is 5.45. The largest absolute Gasteiger partial charge is 0.508 e. The average Bonchev–Trinajstić information content (AvgIpc) is 2.73. The minimum Gasteiger partial charge on any atom is -0.508 e. The van der Waals surface area contributed by atoms with Crippen LogP contribution >= 0.6 is 0 Å². The number of amides is 1. The van der Waals surface area contributed by atoms with E-state index in [-0.39, 0.29) is 11.8 Å². The molecule has 1 aromatic heterocycles. The number of aromatic nitrogens is 2. The Morgan fingerprint density at radius 3 is 2.38 bits per heavy atom. The molecule has 0 radical (unpaired) electrons. The van der Waals surface area contributed by atoms with Gasteiger partial charge in [0.25, 0.3) is 0 Å². The Labute approximate surface area is 187 Å². The number of anilines is 1. The van der Waals surface area contributed by atoms with Crippen molar-refractivity contribution >= 4 is 22.8 Å². The lowest BCUT2D eigenvalue weighted by molar-refractivity contribution is 0.100. The van der Waals surface area contributed by atoms with Crippen molar-refractivity contribution in [3.63, 3.8) is 0 Å². The Morgan fingerprint density at radius 2 is 1.69 bits per heavy atom. The molecule has 0 bridgehead atoms. The molecule has 1 heterocycles. The Balaban J connectivity index is 2.03. The predicted molar refractivity (Wildman–Crippen MR) is 129 cm³/mol. The molecule has 0 saturated heterocycles. The molecular formula is C26H26N4O2. The fourth-order valence-electron chi connectivity index (χ4n) is 3.87. The smallest absolute Gasteiger partial charge is 0.248 e. The summed E-state index contributed by atoms with van der Waals surface area (Å²) in [5, 5.41) is 14.1. The van der Waals surface area contributed by atoms with Crippen LogP contribution in [0.1, 0.15) is 35.3 Å². The highest BCUT2D eigenvalue weighted by atomic mass is 16.3. The summed E-state index contributed by atoms with van der Waals surface area (Å²) < 4.78 is 0. The zero-order valence-electron chi connectivity index (χ0n) is 18.6. The molecule has 6 heteroatoms. The van der Waals surface area contributed by atoms with Gasteiger partial charge in [-0.1, -0.05) is 12.1 Å². The van der Waals surface area contributed by atoms with Crippen molar-refractivity contribution in [1.82, 2.24) is 9.97 Å². The number of carbonyl (C=O) groups is 1. The summed E-state index contributed by atoms with van der Waals surface area (Å²) in [4.78, 5) is 21.0. The standard InChI is InChI=1S/C26H26N4O2/c1-14(2)29-26-28-13-18-11-22(21-10-17(25(27)32)6-5-15(21)3)23(12-24(18)30-26)20-8-7-19(31)9-16(20)4/h5-14,31H,1-4H3,(H2,27,32)(H,28,29,30). The van der Waals surface area contributed by atoms with E-state index >= 15 is 0 Å². The third kappa shape index (κ3) is 4.12. The summed E-state index contributed by atoms with van der Waals surface area (Å²) >= 11 is 0. The normalized spacial score (nSPS) is 11.2. The number of aryl methyl sites for hydroxylation is 2. The van der Waals surface area contributed by atoms with Crippen molar-refractivity contribution in [2.45, 2.75) is 33.7 Å². The Morgan fingerprint density at radius 1 is 0.938 bits per heavy atom. The van der Waals surface area contributed by atoms with Crippen LogP contribution in [0, 0.1) is 13.8 Å². The first-order chi connectivity index (χ1) is 15.2. The zero-order chi connectivity index (χ0) is 23.0. The van der Waals surface area contributed by atoms with Gasteiger partial charge in [0, 0.05) is 23.2 Å². The molecule has 1 amide bonds. The number of hydrogen-bond acceptors (Lipinski definition) is 5. The number of nitrogens with two attached hydrogens (primary N) is 1. The highest BCUT2D eigenvalue weighted by Crippen LogP contribution is 2.39. The molecule has 32 heavy (non-hydrogen) atoms. The second-order valence-electron chi connectivity index (χ2n) is 8.34. The van der Waals surface area contributed by atoms with E-state index < -0.39 is 5.91 Å². The molecule has 162 valence electrons. The van der Waals surface area contributed by atoms with Crippen molar-refractivity contribution in [2.75, 3.05) is 5.32 Å². The number of hydrogen-bond donors (Lipinski definition) is 3. The molecule has 3 aromatic carbocycles. The fourth-order valence-corrected chi connectivity index (χ4v) is 3.87. The molecule has 4 aromatic rings. The molecule has 6 nitrogen and oxygen atoms in total. The number of phenols is 1. The maximum atomic E-state index is 11.8. The van der Waals surface area contributed by atoms with E-state index in [0.717, 1.165) is 44.3 Å². The second-order valence-corrected chi connectivity index (χ2v) is 8.34. The summed E-state index contributed by atoms with van der Waals surface area (Å²) in [5.41, 5.74) is 12.5. The van der Waals surface area contributed by atoms with Gasteiger partial charge < -0.3 is 16.2 Å². The number of primary amides is 1. The van der Waals surface area contributed by atoms with Crippen molar-refractivity contribution in [3.8, 4) is 28.0 Å². The van der Waals surface area contributed by atoms with Gasteiger partial charge in [0.1, 0.15) is 5.75 Å². The molecule has 0 fully saturated rings. The van der Waals surface area contributed by atoms with Crippen LogP contribution in [0.5, 0.6) is 5.75 Å². The van der Waals surface area contributed by atoms with E-state index in [1.807, 2.05) is 58.0 Å². The fraction of sp³-hybridized carbons (Fsp3) is 0.192. The van der Waals surface area contributed by atoms with Gasteiger partial charge in [-0.15, -0.1) is 0 Å². The molecule has 4 N–H and O–H groups in total. The highest BCUT2D eigenvalue weighted by molar-refractivity contribution is 5.99. The maximum Gasteiger partial charge on any atom is 0.248 e. The van der Waals surface area contributed by atoms with Crippen LogP contribution in [0.15, 0.2) is 54.7 Å². The Kier molecular flexibility index (Phi) is 5.53. The highest BCUT2D eigenvalue weighted by Gasteiger charge is 2.16. The molecule has 0 aliphatic rings. The van der Waals surface area contributed by atoms with E-state index in [9.17, 15) is 9.90 Å². The van der Waals surface area contributed by atoms with Gasteiger partial charge in [-0.25, -0.2) is 9.97 Å². The first-order valence-electron chi connectivity index (χ1n) is 10.5. The van der Waals surface area contributed by atoms with Gasteiger partial charge in [0.05, 0.1) is 5.52 Å². The van der Waals surface area contributed by atoms with Gasteiger partial charge in [-0.2, -0.15) is 0 Å². The van der Waals surface area contributed by atoms with E-state index in [1.165, 1.54) is 0 Å². The topological polar surface area (TPSA) is 101 Å². The summed E-state index contributed by atoms with van der Waals surface area (Å²) in [7, 11) is 0. The minimum atomic E-state index is -0.470. The van der Waals surface area contributed by atoms with Gasteiger partial charge in [-0.3, -0.25) is 4.79 Å². The van der Waals surface area contributed by atoms with Gasteiger partial charge >= 0.3 is 0 Å². The average molecular weight is 427 g/mol. The zero-order valence-corrected chi connectivity index (χ0v) is 18.6. The maximum absolute atomic E-state index is 11.8. The SMILES string of the molecule is Cc1cc(O)ccc1-c1cc2nc(NC(C)C)ncc2cc1-c1cc(C(N)=O)ccc1C. The quantitative estimate of drug-likeness (QED) is 0.407. The van der Waals surface area contributed by atoms with Gasteiger partial charge in [-0.05, 0) is 97.5 Å². The second kappa shape index (κ2) is 8.30. The Bertz CT molecular complexity index is 1350. The molecule has 0 spiro atoms. The van der Waals surface area contributed by atoms with Crippen LogP contribution < -0.4 is 11.1 Å². The monoisotopic (exact) mass is 426 g/mol. The van der Waals surface area contributed by atoms with Crippen LogP contribution in [0.4, 0.5) is 5.95 Å². The number of fused-ring (bicyclic) bond motifs is 1. The van der Waals surface area contributed by atoms with E-state index in [2.05, 4.69) is 10.3 Å². The number of rotatable bonds is 5. The van der Waals surface area contributed by atoms with Gasteiger partial charge in [0.15, 0.2) is 0 Å². The Hall–Kier alpha value is -3.93. The number of carbonyl (C=O) groups excluding carboxylic acids is 1. The molecular weight excluding hydrogens is 400 g/mol. The summed E-state index contributed by atoms with van der Waals surface area (Å²) in [5.74, 6) is 0.314. The number of phenolic OH excluding ortho intramolecular Hbond substituents is 1. The van der Waals surface area contributed by atoms with Crippen LogP contribution in [-0.2, 0) is 0 Å². The van der Waals surface area contributed by atoms with Crippen molar-refractivity contribution < 1.29 is 9.90 Å². The summed E-state index contributed by atoms with van der Waals surface area (Å²) in [6, 6.07) is 15.1. The van der Waals surface area contributed by atoms with E-state index in [4.69, 9.17) is 10.7 Å². The number of aromatic hydroxyl groups is 1. The summed E-state index contributed by atoms with van der Waals surface area (Å²) in [6.07, 6.45) is 1.80. The molecule has 0 saturated carbocycles. The molecule has 0 unspecified atom stereocenters. The first kappa shape index (κ1) is 21.3. The third-order valence-electron chi connectivity index (χ3n) is 5.45. The number of benzene rings is 3. The van der Waals surface area contributed by atoms with Crippen molar-refractivity contribution in [1.29, 1.82) is 0 Å². The number of nitrogens with zero attached hydrogens (tertiary/aromatic N) is 2. The lowest BCUT2D eigenvalue weighted by atomic mass is 9.88. The molecule has 0 atom stereocenters. The minimum absolute atomic E-state index is 0.213. The van der Waals surface area contributed by atoms with Crippen LogP contribution in [0.3, 0.4) is 0 Å². The lowest BCUT2D eigenvalue weighted by Crippen LogP contribution is -2.12. The van der Waals surface area contributed by atoms with Crippen LogP contribution in [0.25, 0.3) is 33.2 Å².